The van der Waals surface area contributed by atoms with Crippen LogP contribution in [0.4, 0.5) is 0 Å². The molecule has 2 aromatic rings. The Morgan fingerprint density at radius 3 is 1.19 bits per heavy atom. The lowest BCUT2D eigenvalue weighted by molar-refractivity contribution is -0.168. The molecule has 2 unspecified atom stereocenters. The second-order valence-corrected chi connectivity index (χ2v) is 11.4. The second-order valence-electron chi connectivity index (χ2n) is 11.4. The first-order valence-electron chi connectivity index (χ1n) is 17.5. The summed E-state index contributed by atoms with van der Waals surface area (Å²) in [7, 11) is 0. The van der Waals surface area contributed by atoms with Crippen molar-refractivity contribution in [3.8, 4) is 0 Å². The van der Waals surface area contributed by atoms with E-state index in [0.29, 0.717) is 49.7 Å². The van der Waals surface area contributed by atoms with Crippen molar-refractivity contribution in [2.45, 2.75) is 77.4 Å². The van der Waals surface area contributed by atoms with Crippen LogP contribution < -0.4 is 0 Å². The summed E-state index contributed by atoms with van der Waals surface area (Å²) in [4.78, 5) is 71.9. The third kappa shape index (κ3) is 20.1. The van der Waals surface area contributed by atoms with Crippen molar-refractivity contribution in [2.75, 3.05) is 52.9 Å². The maximum atomic E-state index is 12.1. The van der Waals surface area contributed by atoms with Gasteiger partial charge >= 0.3 is 35.8 Å². The van der Waals surface area contributed by atoms with Crippen molar-refractivity contribution in [3.63, 3.8) is 0 Å². The van der Waals surface area contributed by atoms with Gasteiger partial charge in [0.2, 0.25) is 0 Å². The van der Waals surface area contributed by atoms with E-state index in [1.165, 1.54) is 13.8 Å². The predicted octanol–water partition coefficient (Wildman–Crippen LogP) is 4.80. The highest BCUT2D eigenvalue weighted by Crippen LogP contribution is 2.08. The molecule has 14 heteroatoms. The van der Waals surface area contributed by atoms with Gasteiger partial charge in [0.15, 0.2) is 12.2 Å². The van der Waals surface area contributed by atoms with Gasteiger partial charge in [0.25, 0.3) is 0 Å². The Morgan fingerprint density at radius 2 is 0.808 bits per heavy atom. The monoisotopic (exact) mass is 730 g/mol. The van der Waals surface area contributed by atoms with Crippen molar-refractivity contribution in [1.29, 1.82) is 0 Å². The number of hydrogen-bond acceptors (Lipinski definition) is 14. The van der Waals surface area contributed by atoms with E-state index in [1.54, 1.807) is 48.5 Å². The molecule has 52 heavy (non-hydrogen) atoms. The number of rotatable bonds is 27. The van der Waals surface area contributed by atoms with E-state index < -0.39 is 48.0 Å². The highest BCUT2D eigenvalue weighted by atomic mass is 16.6. The van der Waals surface area contributed by atoms with Crippen LogP contribution in [0, 0.1) is 0 Å². The zero-order chi connectivity index (χ0) is 37.8. The van der Waals surface area contributed by atoms with Crippen molar-refractivity contribution in [1.82, 2.24) is 0 Å². The number of esters is 6. The van der Waals surface area contributed by atoms with Gasteiger partial charge in [-0.05, 0) is 76.6 Å². The van der Waals surface area contributed by atoms with Crippen LogP contribution in [0.15, 0.2) is 60.7 Å². The predicted molar refractivity (Wildman–Crippen MR) is 185 cm³/mol. The third-order valence-electron chi connectivity index (χ3n) is 7.13. The molecule has 0 saturated carbocycles. The second kappa shape index (κ2) is 26.9. The molecule has 286 valence electrons. The fourth-order valence-corrected chi connectivity index (χ4v) is 4.31. The van der Waals surface area contributed by atoms with Gasteiger partial charge in [-0.2, -0.15) is 0 Å². The average Bonchev–Trinajstić information content (AvgIpc) is 3.15. The molecule has 0 aliphatic carbocycles. The number of carbonyl (C=O) groups excluding carboxylic acids is 6. The Kier molecular flexibility index (Phi) is 22.4. The van der Waals surface area contributed by atoms with E-state index in [2.05, 4.69) is 0 Å². The Balaban J connectivity index is 1.36. The number of ether oxygens (including phenoxy) is 8. The summed E-state index contributed by atoms with van der Waals surface area (Å²) < 4.78 is 41.4. The molecule has 0 spiro atoms. The summed E-state index contributed by atoms with van der Waals surface area (Å²) in [6, 6.07) is 17.4. The van der Waals surface area contributed by atoms with E-state index in [1.807, 2.05) is 12.1 Å². The van der Waals surface area contributed by atoms with Crippen LogP contribution in [0.25, 0.3) is 0 Å². The van der Waals surface area contributed by atoms with Crippen LogP contribution in [0.3, 0.4) is 0 Å². The molecule has 0 amide bonds. The third-order valence-corrected chi connectivity index (χ3v) is 7.13. The van der Waals surface area contributed by atoms with E-state index in [-0.39, 0.29) is 65.7 Å². The van der Waals surface area contributed by atoms with Gasteiger partial charge < -0.3 is 37.9 Å². The molecule has 0 aliphatic heterocycles. The Hall–Kier alpha value is -4.82. The van der Waals surface area contributed by atoms with Crippen LogP contribution in [-0.4, -0.2) is 101 Å². The number of benzene rings is 2. The summed E-state index contributed by atoms with van der Waals surface area (Å²) in [5.41, 5.74) is 0.968. The molecule has 0 radical (unpaired) electrons. The first-order chi connectivity index (χ1) is 25.2. The molecule has 0 heterocycles. The minimum Gasteiger partial charge on any atom is -0.462 e. The minimum atomic E-state index is -1.06. The summed E-state index contributed by atoms with van der Waals surface area (Å²) in [6.07, 6.45) is 1.68. The molecule has 14 nitrogen and oxygen atoms in total. The van der Waals surface area contributed by atoms with Gasteiger partial charge in [0.05, 0.1) is 50.8 Å². The Morgan fingerprint density at radius 1 is 0.442 bits per heavy atom. The number of carbonyl (C=O) groups is 6. The first-order valence-corrected chi connectivity index (χ1v) is 17.5. The molecule has 0 N–H and O–H groups in total. The smallest absolute Gasteiger partial charge is 0.347 e. The largest absolute Gasteiger partial charge is 0.462 e. The SMILES string of the molecule is CC(OC(=O)CCCCCOC(=O)c1ccccc1)C(=O)OCCOCCOCCOC(=O)C(C)OC(=O)CCCCCOC(=O)c1ccccc1. The molecule has 2 aromatic carbocycles. The topological polar surface area (TPSA) is 176 Å². The van der Waals surface area contributed by atoms with Gasteiger partial charge in [-0.25, -0.2) is 19.2 Å². The van der Waals surface area contributed by atoms with Gasteiger partial charge in [-0.1, -0.05) is 36.4 Å². The van der Waals surface area contributed by atoms with Crippen LogP contribution in [0.5, 0.6) is 0 Å². The van der Waals surface area contributed by atoms with Crippen molar-refractivity contribution < 1.29 is 66.7 Å². The average molecular weight is 731 g/mol. The molecule has 0 bridgehead atoms. The molecule has 0 aromatic heterocycles. The fourth-order valence-electron chi connectivity index (χ4n) is 4.31. The quantitative estimate of drug-likeness (QED) is 0.0696. The summed E-state index contributed by atoms with van der Waals surface area (Å²) in [5.74, 6) is -3.21. The van der Waals surface area contributed by atoms with E-state index in [9.17, 15) is 28.8 Å². The molecule has 2 rings (SSSR count). The first kappa shape index (κ1) is 43.3. The Labute approximate surface area is 304 Å². The van der Waals surface area contributed by atoms with Gasteiger partial charge in [-0.15, -0.1) is 0 Å². The van der Waals surface area contributed by atoms with Crippen molar-refractivity contribution in [2.24, 2.45) is 0 Å². The van der Waals surface area contributed by atoms with E-state index in [0.717, 1.165) is 0 Å². The molecule has 0 saturated heterocycles. The summed E-state index contributed by atoms with van der Waals surface area (Å²) in [6.45, 7) is 3.86. The highest BCUT2D eigenvalue weighted by Gasteiger charge is 2.20. The van der Waals surface area contributed by atoms with Gasteiger partial charge in [0.1, 0.15) is 13.2 Å². The molecule has 0 fully saturated rings. The molecular weight excluding hydrogens is 680 g/mol. The lowest BCUT2D eigenvalue weighted by atomic mass is 10.2. The van der Waals surface area contributed by atoms with E-state index >= 15 is 0 Å². The summed E-state index contributed by atoms with van der Waals surface area (Å²) >= 11 is 0. The summed E-state index contributed by atoms with van der Waals surface area (Å²) in [5, 5.41) is 0. The highest BCUT2D eigenvalue weighted by molar-refractivity contribution is 5.89. The fraction of sp³-hybridized carbons (Fsp3) is 0.526. The van der Waals surface area contributed by atoms with Crippen LogP contribution >= 0.6 is 0 Å². The lowest BCUT2D eigenvalue weighted by Gasteiger charge is -2.13. The zero-order valence-electron chi connectivity index (χ0n) is 30.0. The maximum absolute atomic E-state index is 12.1. The van der Waals surface area contributed by atoms with Crippen molar-refractivity contribution >= 4 is 35.8 Å². The molecule has 2 atom stereocenters. The lowest BCUT2D eigenvalue weighted by Crippen LogP contribution is -2.27. The van der Waals surface area contributed by atoms with E-state index in [4.69, 9.17) is 37.9 Å². The number of unbranched alkanes of at least 4 members (excludes halogenated alkanes) is 4. The standard InChI is InChI=1S/C38H50O14/c1-29(51-33(39)19-11-5-13-21-47-37(43)31-15-7-3-8-16-31)35(41)49-27-25-45-23-24-46-26-28-50-36(42)30(2)52-34(40)20-12-6-14-22-48-38(44)32-17-9-4-10-18-32/h3-4,7-10,15-18,29-30H,5-6,11-14,19-28H2,1-2H3. The zero-order valence-corrected chi connectivity index (χ0v) is 30.0. The molecule has 0 aliphatic rings. The van der Waals surface area contributed by atoms with Gasteiger partial charge in [0, 0.05) is 12.8 Å². The van der Waals surface area contributed by atoms with Crippen molar-refractivity contribution in [3.05, 3.63) is 71.8 Å². The van der Waals surface area contributed by atoms with Crippen LogP contribution in [0.1, 0.15) is 85.9 Å². The maximum Gasteiger partial charge on any atom is 0.347 e. The molecular formula is C38H50O14. The number of hydrogen-bond donors (Lipinski definition) is 0. The normalized spacial score (nSPS) is 11.8. The van der Waals surface area contributed by atoms with Crippen LogP contribution in [-0.2, 0) is 57.1 Å². The Bertz CT molecular complexity index is 1240. The van der Waals surface area contributed by atoms with Crippen LogP contribution in [0.2, 0.25) is 0 Å². The van der Waals surface area contributed by atoms with Gasteiger partial charge in [-0.3, -0.25) is 9.59 Å². The minimum absolute atomic E-state index is 0.0408.